The summed E-state index contributed by atoms with van der Waals surface area (Å²) in [5, 5.41) is 8.68. The van der Waals surface area contributed by atoms with Crippen LogP contribution in [0.15, 0.2) is 54.6 Å². The van der Waals surface area contributed by atoms with Crippen LogP contribution in [0.4, 0.5) is 0 Å². The number of carboxylic acid groups (broad SMARTS) is 1. The molecule has 1 unspecified atom stereocenters. The van der Waals surface area contributed by atoms with Gasteiger partial charge in [-0.05, 0) is 29.3 Å². The fourth-order valence-corrected chi connectivity index (χ4v) is 2.37. The van der Waals surface area contributed by atoms with Gasteiger partial charge in [0, 0.05) is 6.08 Å². The van der Waals surface area contributed by atoms with Crippen LogP contribution in [0.3, 0.4) is 0 Å². The Morgan fingerprint density at radius 2 is 1.77 bits per heavy atom. The van der Waals surface area contributed by atoms with E-state index in [0.29, 0.717) is 24.7 Å². The van der Waals surface area contributed by atoms with Gasteiger partial charge in [0.1, 0.15) is 0 Å². The van der Waals surface area contributed by atoms with Gasteiger partial charge in [-0.3, -0.25) is 0 Å². The summed E-state index contributed by atoms with van der Waals surface area (Å²) in [7, 11) is 0. The molecule has 1 aliphatic rings. The van der Waals surface area contributed by atoms with Crippen LogP contribution in [0.1, 0.15) is 17.0 Å². The average Bonchev–Trinajstić information content (AvgIpc) is 2.76. The van der Waals surface area contributed by atoms with E-state index in [9.17, 15) is 4.79 Å². The molecular formula is C18H16O4. The molecule has 0 amide bonds. The fraction of sp³-hybridized carbons (Fsp3) is 0.167. The molecule has 0 radical (unpaired) electrons. The van der Waals surface area contributed by atoms with Crippen LogP contribution in [0.5, 0.6) is 11.5 Å². The molecule has 112 valence electrons. The second-order valence-corrected chi connectivity index (χ2v) is 5.11. The molecule has 1 atom stereocenters. The molecule has 3 rings (SSSR count). The lowest BCUT2D eigenvalue weighted by Crippen LogP contribution is -2.14. The molecule has 0 aromatic heterocycles. The van der Waals surface area contributed by atoms with Crippen molar-refractivity contribution in [1.29, 1.82) is 0 Å². The summed E-state index contributed by atoms with van der Waals surface area (Å²) < 4.78 is 11.7. The summed E-state index contributed by atoms with van der Waals surface area (Å²) >= 11 is 0. The number of hydrogen-bond donors (Lipinski definition) is 1. The van der Waals surface area contributed by atoms with E-state index < -0.39 is 5.97 Å². The maximum Gasteiger partial charge on any atom is 0.328 e. The Hall–Kier alpha value is -2.75. The van der Waals surface area contributed by atoms with E-state index in [1.165, 1.54) is 11.6 Å². The van der Waals surface area contributed by atoms with E-state index in [1.54, 1.807) is 6.07 Å². The molecule has 4 heteroatoms. The first-order valence-electron chi connectivity index (χ1n) is 7.08. The molecule has 2 aromatic carbocycles. The number of carboxylic acids is 1. The van der Waals surface area contributed by atoms with Crippen LogP contribution in [0.2, 0.25) is 0 Å². The molecule has 0 saturated carbocycles. The zero-order valence-electron chi connectivity index (χ0n) is 11.9. The van der Waals surface area contributed by atoms with Crippen LogP contribution < -0.4 is 9.47 Å². The van der Waals surface area contributed by atoms with Crippen molar-refractivity contribution in [2.45, 2.75) is 5.92 Å². The summed E-state index contributed by atoms with van der Waals surface area (Å²) in [5.41, 5.74) is 1.95. The minimum absolute atomic E-state index is 0.173. The molecule has 1 aliphatic heterocycles. The lowest BCUT2D eigenvalue weighted by molar-refractivity contribution is -0.131. The summed E-state index contributed by atoms with van der Waals surface area (Å²) in [4.78, 5) is 10.6. The van der Waals surface area contributed by atoms with Crippen molar-refractivity contribution >= 4 is 12.0 Å². The Kier molecular flexibility index (Phi) is 4.10. The van der Waals surface area contributed by atoms with E-state index in [-0.39, 0.29) is 5.92 Å². The standard InChI is InChI=1S/C18H16O4/c19-18(20)9-7-13-6-8-16-17(10-13)22-12-15(11-21-16)14-4-2-1-3-5-14/h1-10,15H,11-12H2,(H,19,20)/b9-7+. The summed E-state index contributed by atoms with van der Waals surface area (Å²) in [6.45, 7) is 1.09. The largest absolute Gasteiger partial charge is 0.489 e. The number of benzene rings is 2. The van der Waals surface area contributed by atoms with E-state index in [4.69, 9.17) is 14.6 Å². The van der Waals surface area contributed by atoms with Gasteiger partial charge in [0.25, 0.3) is 0 Å². The second-order valence-electron chi connectivity index (χ2n) is 5.11. The average molecular weight is 296 g/mol. The molecule has 0 spiro atoms. The van der Waals surface area contributed by atoms with E-state index in [0.717, 1.165) is 11.6 Å². The van der Waals surface area contributed by atoms with Crippen LogP contribution in [-0.4, -0.2) is 24.3 Å². The Morgan fingerprint density at radius 1 is 1.05 bits per heavy atom. The van der Waals surface area contributed by atoms with Gasteiger partial charge in [-0.2, -0.15) is 0 Å². The van der Waals surface area contributed by atoms with Crippen molar-refractivity contribution in [2.24, 2.45) is 0 Å². The molecule has 1 N–H and O–H groups in total. The molecular weight excluding hydrogens is 280 g/mol. The van der Waals surface area contributed by atoms with Gasteiger partial charge in [0.05, 0.1) is 19.1 Å². The Bertz CT molecular complexity index is 691. The van der Waals surface area contributed by atoms with Crippen molar-refractivity contribution in [1.82, 2.24) is 0 Å². The lowest BCUT2D eigenvalue weighted by Gasteiger charge is -2.13. The maximum absolute atomic E-state index is 10.6. The van der Waals surface area contributed by atoms with Gasteiger partial charge in [-0.1, -0.05) is 36.4 Å². The van der Waals surface area contributed by atoms with Gasteiger partial charge in [-0.25, -0.2) is 4.79 Å². The third-order valence-electron chi connectivity index (χ3n) is 3.54. The monoisotopic (exact) mass is 296 g/mol. The Labute approximate surface area is 128 Å². The first-order valence-corrected chi connectivity index (χ1v) is 7.08. The number of ether oxygens (including phenoxy) is 2. The van der Waals surface area contributed by atoms with Gasteiger partial charge >= 0.3 is 5.97 Å². The summed E-state index contributed by atoms with van der Waals surface area (Å²) in [6.07, 6.45) is 2.64. The van der Waals surface area contributed by atoms with E-state index >= 15 is 0 Å². The third-order valence-corrected chi connectivity index (χ3v) is 3.54. The topological polar surface area (TPSA) is 55.8 Å². The van der Waals surface area contributed by atoms with Crippen molar-refractivity contribution in [3.63, 3.8) is 0 Å². The predicted molar refractivity (Wildman–Crippen MR) is 83.3 cm³/mol. The molecule has 0 aliphatic carbocycles. The minimum atomic E-state index is -0.976. The number of carbonyl (C=O) groups is 1. The Morgan fingerprint density at radius 3 is 2.50 bits per heavy atom. The zero-order valence-corrected chi connectivity index (χ0v) is 11.9. The second kappa shape index (κ2) is 6.35. The van der Waals surface area contributed by atoms with Gasteiger partial charge in [0.15, 0.2) is 11.5 Å². The number of hydrogen-bond acceptors (Lipinski definition) is 3. The molecule has 2 aromatic rings. The lowest BCUT2D eigenvalue weighted by atomic mass is 10.0. The highest BCUT2D eigenvalue weighted by Gasteiger charge is 2.19. The van der Waals surface area contributed by atoms with Gasteiger partial charge < -0.3 is 14.6 Å². The number of aliphatic carboxylic acids is 1. The van der Waals surface area contributed by atoms with Crippen molar-refractivity contribution < 1.29 is 19.4 Å². The van der Waals surface area contributed by atoms with Crippen molar-refractivity contribution in [3.05, 3.63) is 65.7 Å². The van der Waals surface area contributed by atoms with Crippen LogP contribution in [-0.2, 0) is 4.79 Å². The van der Waals surface area contributed by atoms with E-state index in [2.05, 4.69) is 12.1 Å². The van der Waals surface area contributed by atoms with Gasteiger partial charge in [-0.15, -0.1) is 0 Å². The smallest absolute Gasteiger partial charge is 0.328 e. The molecule has 1 heterocycles. The molecule has 4 nitrogen and oxygen atoms in total. The predicted octanol–water partition coefficient (Wildman–Crippen LogP) is 3.34. The molecule has 0 saturated heterocycles. The number of rotatable bonds is 3. The first-order chi connectivity index (χ1) is 10.7. The fourth-order valence-electron chi connectivity index (χ4n) is 2.37. The highest BCUT2D eigenvalue weighted by molar-refractivity contribution is 5.85. The van der Waals surface area contributed by atoms with E-state index in [1.807, 2.05) is 30.3 Å². The highest BCUT2D eigenvalue weighted by Crippen LogP contribution is 2.33. The number of fused-ring (bicyclic) bond motifs is 1. The summed E-state index contributed by atoms with van der Waals surface area (Å²) in [6, 6.07) is 15.5. The SMILES string of the molecule is O=C(O)/C=C/c1ccc2c(c1)OCC(c1ccccc1)CO2. The summed E-state index contributed by atoms with van der Waals surface area (Å²) in [5.74, 6) is 0.528. The highest BCUT2D eigenvalue weighted by atomic mass is 16.5. The zero-order chi connectivity index (χ0) is 15.4. The molecule has 0 bridgehead atoms. The molecule has 22 heavy (non-hydrogen) atoms. The first kappa shape index (κ1) is 14.2. The maximum atomic E-state index is 10.6. The third kappa shape index (κ3) is 3.28. The van der Waals surface area contributed by atoms with Crippen molar-refractivity contribution in [2.75, 3.05) is 13.2 Å². The van der Waals surface area contributed by atoms with Gasteiger partial charge in [0.2, 0.25) is 0 Å². The quantitative estimate of drug-likeness (QED) is 0.883. The minimum Gasteiger partial charge on any atom is -0.489 e. The normalized spacial score (nSPS) is 17.2. The van der Waals surface area contributed by atoms with Crippen LogP contribution in [0, 0.1) is 0 Å². The Balaban J connectivity index is 1.78. The van der Waals surface area contributed by atoms with Crippen LogP contribution >= 0.6 is 0 Å². The molecule has 0 fully saturated rings. The van der Waals surface area contributed by atoms with Crippen molar-refractivity contribution in [3.8, 4) is 11.5 Å². The van der Waals surface area contributed by atoms with Crippen LogP contribution in [0.25, 0.3) is 6.08 Å².